The molecule has 0 radical (unpaired) electrons. The summed E-state index contributed by atoms with van der Waals surface area (Å²) in [5.41, 5.74) is 1.89. The molecule has 0 saturated carbocycles. The van der Waals surface area contributed by atoms with Gasteiger partial charge in [0.25, 0.3) is 5.91 Å². The third kappa shape index (κ3) is 6.77. The van der Waals surface area contributed by atoms with Crippen LogP contribution in [0.3, 0.4) is 0 Å². The van der Waals surface area contributed by atoms with Gasteiger partial charge in [0.2, 0.25) is 0 Å². The number of rotatable bonds is 7. The third-order valence-electron chi connectivity index (χ3n) is 9.05. The van der Waals surface area contributed by atoms with Gasteiger partial charge in [-0.2, -0.15) is 10.5 Å². The van der Waals surface area contributed by atoms with Crippen LogP contribution in [0, 0.1) is 34.3 Å². The van der Waals surface area contributed by atoms with E-state index in [2.05, 4.69) is 16.4 Å². The maximum atomic E-state index is 14.4. The van der Waals surface area contributed by atoms with Crippen LogP contribution in [0.25, 0.3) is 0 Å². The third-order valence-corrected chi connectivity index (χ3v) is 9.05. The van der Waals surface area contributed by atoms with Crippen LogP contribution in [-0.4, -0.2) is 76.1 Å². The number of carbonyl (C=O) groups is 2. The first-order valence-corrected chi connectivity index (χ1v) is 15.3. The van der Waals surface area contributed by atoms with Gasteiger partial charge in [0, 0.05) is 69.1 Å². The zero-order chi connectivity index (χ0) is 32.3. The Morgan fingerprint density at radius 1 is 0.957 bits per heavy atom. The summed E-state index contributed by atoms with van der Waals surface area (Å²) in [4.78, 5) is 35.7. The number of nitriles is 2. The number of halogens is 2. The van der Waals surface area contributed by atoms with E-state index in [1.54, 1.807) is 41.4 Å². The maximum absolute atomic E-state index is 14.4. The summed E-state index contributed by atoms with van der Waals surface area (Å²) in [7, 11) is 0. The van der Waals surface area contributed by atoms with Gasteiger partial charge in [-0.1, -0.05) is 0 Å². The number of hydrogen-bond acceptors (Lipinski definition) is 8. The number of hydrogen-bond donors (Lipinski definition) is 1. The van der Waals surface area contributed by atoms with Crippen molar-refractivity contribution in [2.45, 2.75) is 50.4 Å². The van der Waals surface area contributed by atoms with E-state index in [1.807, 2.05) is 21.9 Å². The largest absolute Gasteiger partial charge is 0.441 e. The smallest absolute Gasteiger partial charge is 0.410 e. The molecule has 3 fully saturated rings. The van der Waals surface area contributed by atoms with E-state index < -0.39 is 23.3 Å². The number of aromatic nitrogens is 1. The minimum Gasteiger partial charge on any atom is -0.441 e. The molecule has 1 spiro atoms. The second-order valence-corrected chi connectivity index (χ2v) is 12.2. The molecule has 2 aromatic carbocycles. The molecule has 10 nitrogen and oxygen atoms in total. The number of pyridine rings is 1. The number of benzene rings is 2. The molecule has 1 aromatic heterocycles. The summed E-state index contributed by atoms with van der Waals surface area (Å²) in [5, 5.41) is 21.4. The van der Waals surface area contributed by atoms with Crippen LogP contribution < -0.4 is 5.32 Å². The van der Waals surface area contributed by atoms with Crippen LogP contribution in [0.15, 0.2) is 54.7 Å². The van der Waals surface area contributed by atoms with Crippen LogP contribution in [0.4, 0.5) is 19.3 Å². The molecule has 6 rings (SSSR count). The van der Waals surface area contributed by atoms with Crippen LogP contribution in [0.2, 0.25) is 0 Å². The number of nitrogens with zero attached hydrogens (tertiary/aromatic N) is 6. The predicted molar refractivity (Wildman–Crippen MR) is 163 cm³/mol. The molecule has 0 unspecified atom stereocenters. The van der Waals surface area contributed by atoms with Crippen LogP contribution in [-0.2, 0) is 17.8 Å². The Morgan fingerprint density at radius 2 is 1.63 bits per heavy atom. The number of ether oxygens (including phenoxy) is 1. The molecule has 1 N–H and O–H groups in total. The average molecular weight is 626 g/mol. The van der Waals surface area contributed by atoms with Crippen LogP contribution in [0.1, 0.15) is 58.4 Å². The molecule has 46 heavy (non-hydrogen) atoms. The Labute approximate surface area is 265 Å². The topological polar surface area (TPSA) is 126 Å². The number of nitrogens with one attached hydrogen (secondary N) is 1. The molecule has 0 aliphatic carbocycles. The Kier molecular flexibility index (Phi) is 8.82. The van der Waals surface area contributed by atoms with Gasteiger partial charge in [0.05, 0.1) is 47.6 Å². The Bertz CT molecular complexity index is 1660. The fourth-order valence-corrected chi connectivity index (χ4v) is 6.36. The first-order valence-electron chi connectivity index (χ1n) is 15.3. The predicted octanol–water partition coefficient (Wildman–Crippen LogP) is 4.81. The Morgan fingerprint density at radius 3 is 2.24 bits per heavy atom. The summed E-state index contributed by atoms with van der Waals surface area (Å²) in [6.07, 6.45) is 3.77. The number of carbonyl (C=O) groups excluding carboxylic acids is 2. The lowest BCUT2D eigenvalue weighted by atomic mass is 9.91. The molecule has 4 heterocycles. The van der Waals surface area contributed by atoms with E-state index in [0.29, 0.717) is 62.4 Å². The fraction of sp³-hybridized carbons (Fsp3) is 0.382. The minimum atomic E-state index is -0.742. The van der Waals surface area contributed by atoms with Crippen molar-refractivity contribution in [3.05, 3.63) is 94.3 Å². The minimum absolute atomic E-state index is 0.0593. The molecule has 12 heteroatoms. The molecule has 3 saturated heterocycles. The quantitative estimate of drug-likeness (QED) is 0.397. The zero-order valence-corrected chi connectivity index (χ0v) is 25.2. The van der Waals surface area contributed by atoms with E-state index in [0.717, 1.165) is 30.7 Å². The van der Waals surface area contributed by atoms with Gasteiger partial charge in [0.15, 0.2) is 0 Å². The lowest BCUT2D eigenvalue weighted by molar-refractivity contribution is -0.00165. The highest BCUT2D eigenvalue weighted by Crippen LogP contribution is 2.34. The summed E-state index contributed by atoms with van der Waals surface area (Å²) in [6.45, 7) is 2.92. The van der Waals surface area contributed by atoms with Crippen molar-refractivity contribution in [2.75, 3.05) is 38.0 Å². The molecular formula is C34H33F2N7O3. The van der Waals surface area contributed by atoms with Gasteiger partial charge < -0.3 is 15.0 Å². The van der Waals surface area contributed by atoms with Crippen molar-refractivity contribution in [1.82, 2.24) is 19.7 Å². The Balaban J connectivity index is 0.974. The van der Waals surface area contributed by atoms with Crippen molar-refractivity contribution in [1.29, 1.82) is 10.5 Å². The summed E-state index contributed by atoms with van der Waals surface area (Å²) in [5.74, 6) is -1.56. The molecular weight excluding hydrogens is 592 g/mol. The van der Waals surface area contributed by atoms with Crippen molar-refractivity contribution in [3.8, 4) is 12.1 Å². The molecule has 3 aliphatic heterocycles. The maximum Gasteiger partial charge on any atom is 0.410 e. The number of anilines is 1. The van der Waals surface area contributed by atoms with Crippen molar-refractivity contribution >= 4 is 17.7 Å². The number of amides is 2. The number of piperidine rings is 2. The summed E-state index contributed by atoms with van der Waals surface area (Å²) >= 11 is 0. The lowest BCUT2D eigenvalue weighted by Gasteiger charge is -2.37. The highest BCUT2D eigenvalue weighted by atomic mass is 19.1. The van der Waals surface area contributed by atoms with E-state index in [9.17, 15) is 18.4 Å². The molecule has 2 amide bonds. The second kappa shape index (κ2) is 13.1. The van der Waals surface area contributed by atoms with Crippen LogP contribution >= 0.6 is 0 Å². The fourth-order valence-electron chi connectivity index (χ4n) is 6.36. The van der Waals surface area contributed by atoms with Gasteiger partial charge in [0.1, 0.15) is 17.2 Å². The van der Waals surface area contributed by atoms with Crippen molar-refractivity contribution < 1.29 is 23.1 Å². The number of likely N-dealkylation sites (tertiary alicyclic amines) is 2. The van der Waals surface area contributed by atoms with E-state index in [-0.39, 0.29) is 36.2 Å². The first kappa shape index (κ1) is 30.9. The lowest BCUT2D eigenvalue weighted by Crippen LogP contribution is -2.46. The molecule has 3 aliphatic rings. The summed E-state index contributed by atoms with van der Waals surface area (Å²) < 4.78 is 34.6. The van der Waals surface area contributed by atoms with Crippen molar-refractivity contribution in [2.24, 2.45) is 0 Å². The SMILES string of the molecule is N#Cc1ccc(NC2CCN(C(=O)c3ccc(CN4CC5(CCN(Cc6c(F)cc(C#N)cc6F)CC5)OC4=O)nc3)CC2)cc1. The van der Waals surface area contributed by atoms with Crippen molar-refractivity contribution in [3.63, 3.8) is 0 Å². The standard InChI is InChI=1S/C34H33F2N7O3/c35-30-15-24(18-38)16-31(36)29(30)21-41-13-9-34(10-14-41)22-43(33(45)46-34)20-28-6-3-25(19-39-28)32(44)42-11-7-27(8-12-42)40-26-4-1-23(17-37)2-5-26/h1-6,15-16,19,27,40H,7-14,20-22H2. The molecule has 0 atom stereocenters. The molecule has 0 bridgehead atoms. The first-order chi connectivity index (χ1) is 22.2. The monoisotopic (exact) mass is 625 g/mol. The van der Waals surface area contributed by atoms with Gasteiger partial charge in [-0.25, -0.2) is 13.6 Å². The molecule has 236 valence electrons. The van der Waals surface area contributed by atoms with Gasteiger partial charge in [-0.05, 0) is 61.4 Å². The van der Waals surface area contributed by atoms with E-state index >= 15 is 0 Å². The highest BCUT2D eigenvalue weighted by molar-refractivity contribution is 5.94. The van der Waals surface area contributed by atoms with Gasteiger partial charge in [-0.15, -0.1) is 0 Å². The van der Waals surface area contributed by atoms with Crippen LogP contribution in [0.5, 0.6) is 0 Å². The second-order valence-electron chi connectivity index (χ2n) is 12.2. The summed E-state index contributed by atoms with van der Waals surface area (Å²) in [6, 6.07) is 17.0. The van der Waals surface area contributed by atoms with E-state index in [1.165, 1.54) is 0 Å². The van der Waals surface area contributed by atoms with Gasteiger partial charge in [-0.3, -0.25) is 19.6 Å². The zero-order valence-electron chi connectivity index (χ0n) is 25.2. The Hall–Kier alpha value is -5.07. The van der Waals surface area contributed by atoms with Gasteiger partial charge >= 0.3 is 6.09 Å². The highest BCUT2D eigenvalue weighted by Gasteiger charge is 2.47. The normalized spacial score (nSPS) is 18.2. The average Bonchev–Trinajstić information content (AvgIpc) is 3.37. The molecule has 3 aromatic rings. The van der Waals surface area contributed by atoms with E-state index in [4.69, 9.17) is 15.3 Å².